The Bertz CT molecular complexity index is 1210. The standard InChI is InChI=1S/C23H27N7/c1-14-6-5-7-18(17(14)4)19-12-21-27-16(3)13-30(21)23(28-19)26-11-10-25-20-9-8-15(2)22(24)29-20/h5-9,12-13H,10-11H2,1-4H3,(H,26,28)(H3,24,25,29). The van der Waals surface area contributed by atoms with Crippen LogP contribution in [0.3, 0.4) is 0 Å². The van der Waals surface area contributed by atoms with Gasteiger partial charge < -0.3 is 16.4 Å². The van der Waals surface area contributed by atoms with Crippen LogP contribution >= 0.6 is 0 Å². The second kappa shape index (κ2) is 8.02. The maximum atomic E-state index is 5.89. The fourth-order valence-corrected chi connectivity index (χ4v) is 3.41. The molecule has 7 nitrogen and oxygen atoms in total. The molecule has 1 aromatic carbocycles. The molecule has 30 heavy (non-hydrogen) atoms. The number of fused-ring (bicyclic) bond motifs is 1. The predicted molar refractivity (Wildman–Crippen MR) is 123 cm³/mol. The molecule has 0 fully saturated rings. The van der Waals surface area contributed by atoms with Crippen molar-refractivity contribution >= 4 is 23.2 Å². The third-order valence-corrected chi connectivity index (χ3v) is 5.30. The van der Waals surface area contributed by atoms with Crippen LogP contribution in [0.4, 0.5) is 17.6 Å². The van der Waals surface area contributed by atoms with Crippen molar-refractivity contribution in [3.8, 4) is 11.3 Å². The number of nitrogens with two attached hydrogens (primary N) is 1. The number of hydrogen-bond acceptors (Lipinski definition) is 6. The van der Waals surface area contributed by atoms with E-state index in [4.69, 9.17) is 10.7 Å². The molecule has 0 bridgehead atoms. The van der Waals surface area contributed by atoms with E-state index in [1.807, 2.05) is 42.6 Å². The fourth-order valence-electron chi connectivity index (χ4n) is 3.41. The Kier molecular flexibility index (Phi) is 5.27. The Balaban J connectivity index is 1.56. The van der Waals surface area contributed by atoms with E-state index in [9.17, 15) is 0 Å². The van der Waals surface area contributed by atoms with Crippen molar-refractivity contribution in [3.05, 3.63) is 65.0 Å². The average molecular weight is 402 g/mol. The molecule has 0 aliphatic heterocycles. The van der Waals surface area contributed by atoms with E-state index < -0.39 is 0 Å². The third kappa shape index (κ3) is 3.91. The molecule has 4 rings (SSSR count). The van der Waals surface area contributed by atoms with E-state index in [2.05, 4.69) is 52.6 Å². The van der Waals surface area contributed by atoms with Gasteiger partial charge in [-0.05, 0) is 50.5 Å². The van der Waals surface area contributed by atoms with Crippen molar-refractivity contribution in [1.29, 1.82) is 0 Å². The number of nitrogens with one attached hydrogen (secondary N) is 2. The highest BCUT2D eigenvalue weighted by molar-refractivity contribution is 5.70. The summed E-state index contributed by atoms with van der Waals surface area (Å²) in [6.07, 6.45) is 1.99. The minimum Gasteiger partial charge on any atom is -0.383 e. The van der Waals surface area contributed by atoms with E-state index in [0.29, 0.717) is 18.9 Å². The normalized spacial score (nSPS) is 11.1. The zero-order valence-electron chi connectivity index (χ0n) is 17.8. The van der Waals surface area contributed by atoms with Crippen LogP contribution in [0.15, 0.2) is 42.6 Å². The molecule has 3 heterocycles. The SMILES string of the molecule is Cc1cn2c(NCCNc3ccc(C)c(N)n3)nc(-c3cccc(C)c3C)cc2n1. The van der Waals surface area contributed by atoms with Gasteiger partial charge in [-0.1, -0.05) is 24.3 Å². The molecule has 0 unspecified atom stereocenters. The number of aryl methyl sites for hydroxylation is 3. The lowest BCUT2D eigenvalue weighted by Crippen LogP contribution is -2.17. The van der Waals surface area contributed by atoms with Gasteiger partial charge in [0.15, 0.2) is 0 Å². The lowest BCUT2D eigenvalue weighted by molar-refractivity contribution is 0.994. The number of aromatic nitrogens is 4. The molecule has 0 atom stereocenters. The Hall–Kier alpha value is -3.61. The summed E-state index contributed by atoms with van der Waals surface area (Å²) in [4.78, 5) is 13.9. The summed E-state index contributed by atoms with van der Waals surface area (Å²) in [6.45, 7) is 9.54. The second-order valence-corrected chi connectivity index (χ2v) is 7.58. The molecule has 3 aromatic heterocycles. The summed E-state index contributed by atoms with van der Waals surface area (Å²) >= 11 is 0. The molecule has 0 saturated carbocycles. The number of imidazole rings is 1. The van der Waals surface area contributed by atoms with Gasteiger partial charge in [0, 0.05) is 30.9 Å². The minimum absolute atomic E-state index is 0.548. The van der Waals surface area contributed by atoms with Gasteiger partial charge in [-0.3, -0.25) is 4.40 Å². The van der Waals surface area contributed by atoms with Gasteiger partial charge in [-0.2, -0.15) is 0 Å². The van der Waals surface area contributed by atoms with E-state index in [1.54, 1.807) is 0 Å². The number of hydrogen-bond donors (Lipinski definition) is 3. The molecular formula is C23H27N7. The number of nitrogens with zero attached hydrogens (tertiary/aromatic N) is 4. The molecule has 154 valence electrons. The summed E-state index contributed by atoms with van der Waals surface area (Å²) in [5, 5.41) is 6.72. The van der Waals surface area contributed by atoms with Crippen molar-refractivity contribution in [2.45, 2.75) is 27.7 Å². The monoisotopic (exact) mass is 401 g/mol. The molecule has 4 aromatic rings. The maximum absolute atomic E-state index is 5.89. The van der Waals surface area contributed by atoms with Crippen LogP contribution in [-0.4, -0.2) is 32.4 Å². The van der Waals surface area contributed by atoms with Crippen molar-refractivity contribution in [3.63, 3.8) is 0 Å². The smallest absolute Gasteiger partial charge is 0.209 e. The Morgan fingerprint density at radius 2 is 1.70 bits per heavy atom. The van der Waals surface area contributed by atoms with Crippen LogP contribution in [0.25, 0.3) is 16.9 Å². The largest absolute Gasteiger partial charge is 0.383 e. The van der Waals surface area contributed by atoms with Gasteiger partial charge in [0.05, 0.1) is 11.4 Å². The maximum Gasteiger partial charge on any atom is 0.209 e. The molecule has 4 N–H and O–H groups in total. The quantitative estimate of drug-likeness (QED) is 0.421. The first-order chi connectivity index (χ1) is 14.4. The van der Waals surface area contributed by atoms with Gasteiger partial charge in [0.2, 0.25) is 5.95 Å². The Labute approximate surface area is 176 Å². The summed E-state index contributed by atoms with van der Waals surface area (Å²) in [7, 11) is 0. The Morgan fingerprint density at radius 1 is 0.900 bits per heavy atom. The van der Waals surface area contributed by atoms with Gasteiger partial charge in [-0.25, -0.2) is 15.0 Å². The molecule has 0 spiro atoms. The fraction of sp³-hybridized carbons (Fsp3) is 0.261. The first-order valence-electron chi connectivity index (χ1n) is 10.1. The predicted octanol–water partition coefficient (Wildman–Crippen LogP) is 4.13. The zero-order valence-corrected chi connectivity index (χ0v) is 17.8. The van der Waals surface area contributed by atoms with Crippen LogP contribution in [0, 0.1) is 27.7 Å². The van der Waals surface area contributed by atoms with Crippen molar-refractivity contribution in [1.82, 2.24) is 19.4 Å². The lowest BCUT2D eigenvalue weighted by Gasteiger charge is -2.13. The summed E-state index contributed by atoms with van der Waals surface area (Å²) in [5.41, 5.74) is 13.2. The molecule has 0 aliphatic rings. The van der Waals surface area contributed by atoms with Crippen molar-refractivity contribution in [2.24, 2.45) is 0 Å². The highest BCUT2D eigenvalue weighted by Crippen LogP contribution is 2.26. The molecule has 0 aliphatic carbocycles. The number of rotatable bonds is 6. The number of nitrogen functional groups attached to an aromatic ring is 1. The summed E-state index contributed by atoms with van der Waals surface area (Å²) < 4.78 is 1.99. The summed E-state index contributed by atoms with van der Waals surface area (Å²) in [5.74, 6) is 2.08. The van der Waals surface area contributed by atoms with Gasteiger partial charge >= 0.3 is 0 Å². The van der Waals surface area contributed by atoms with E-state index in [-0.39, 0.29) is 0 Å². The topological polar surface area (TPSA) is 93.2 Å². The highest BCUT2D eigenvalue weighted by atomic mass is 15.2. The third-order valence-electron chi connectivity index (χ3n) is 5.30. The van der Waals surface area contributed by atoms with Gasteiger partial charge in [0.1, 0.15) is 17.3 Å². The Morgan fingerprint density at radius 3 is 2.50 bits per heavy atom. The van der Waals surface area contributed by atoms with Crippen LogP contribution in [0.2, 0.25) is 0 Å². The highest BCUT2D eigenvalue weighted by Gasteiger charge is 2.12. The van der Waals surface area contributed by atoms with E-state index >= 15 is 0 Å². The molecule has 0 saturated heterocycles. The minimum atomic E-state index is 0.548. The first kappa shape index (κ1) is 19.7. The van der Waals surface area contributed by atoms with Crippen molar-refractivity contribution < 1.29 is 0 Å². The molecule has 0 amide bonds. The van der Waals surface area contributed by atoms with Gasteiger partial charge in [-0.15, -0.1) is 0 Å². The number of pyridine rings is 1. The summed E-state index contributed by atoms with van der Waals surface area (Å²) in [6, 6.07) is 12.2. The first-order valence-corrected chi connectivity index (χ1v) is 10.1. The lowest BCUT2D eigenvalue weighted by atomic mass is 10.0. The van der Waals surface area contributed by atoms with Crippen molar-refractivity contribution in [2.75, 3.05) is 29.5 Å². The molecule has 7 heteroatoms. The van der Waals surface area contributed by atoms with Gasteiger partial charge in [0.25, 0.3) is 0 Å². The number of anilines is 3. The number of benzene rings is 1. The van der Waals surface area contributed by atoms with Crippen LogP contribution in [-0.2, 0) is 0 Å². The van der Waals surface area contributed by atoms with Crippen LogP contribution < -0.4 is 16.4 Å². The average Bonchev–Trinajstić information content (AvgIpc) is 3.10. The van der Waals surface area contributed by atoms with E-state index in [0.717, 1.165) is 39.9 Å². The second-order valence-electron chi connectivity index (χ2n) is 7.58. The van der Waals surface area contributed by atoms with E-state index in [1.165, 1.54) is 11.1 Å². The van der Waals surface area contributed by atoms with Crippen LogP contribution in [0.1, 0.15) is 22.4 Å². The molecule has 0 radical (unpaired) electrons. The van der Waals surface area contributed by atoms with Crippen LogP contribution in [0.5, 0.6) is 0 Å². The zero-order chi connectivity index (χ0) is 21.3. The molecular weight excluding hydrogens is 374 g/mol.